The van der Waals surface area contributed by atoms with Gasteiger partial charge in [0.25, 0.3) is 0 Å². The van der Waals surface area contributed by atoms with Crippen LogP contribution in [0.1, 0.15) is 25.7 Å². The Hall–Kier alpha value is -0.970. The van der Waals surface area contributed by atoms with Gasteiger partial charge in [0.2, 0.25) is 5.91 Å². The lowest BCUT2D eigenvalue weighted by atomic mass is 10.2. The first kappa shape index (κ1) is 17.1. The molecule has 3 N–H and O–H groups in total. The molecule has 1 aliphatic heterocycles. The van der Waals surface area contributed by atoms with Crippen LogP contribution in [0, 0.1) is 0 Å². The molecule has 0 spiro atoms. The number of hydrogen-bond donors (Lipinski definition) is 2. The summed E-state index contributed by atoms with van der Waals surface area (Å²) in [6.45, 7) is 2.22. The third-order valence-corrected chi connectivity index (χ3v) is 3.82. The fraction of sp³-hybridized carbons (Fsp3) is 0.500. The smallest absolute Gasteiger partial charge is 0.244 e. The molecule has 1 saturated heterocycles. The third-order valence-electron chi connectivity index (χ3n) is 3.82. The van der Waals surface area contributed by atoms with Crippen LogP contribution in [0.4, 0.5) is 11.4 Å². The summed E-state index contributed by atoms with van der Waals surface area (Å²) >= 11 is 0. The molecule has 2 fully saturated rings. The number of carbonyl (C=O) groups is 1. The van der Waals surface area contributed by atoms with E-state index in [4.69, 9.17) is 5.73 Å². The molecule has 1 amide bonds. The highest BCUT2D eigenvalue weighted by atomic mass is 35.5. The average Bonchev–Trinajstić information content (AvgIpc) is 2.93. The molecular formula is C14H21Cl2N3O. The Morgan fingerprint density at radius 2 is 1.85 bits per heavy atom. The predicted octanol–water partition coefficient (Wildman–Crippen LogP) is 2.56. The summed E-state index contributed by atoms with van der Waals surface area (Å²) in [5.74, 6) is -0.0546. The van der Waals surface area contributed by atoms with Crippen LogP contribution in [0.25, 0.3) is 0 Å². The van der Waals surface area contributed by atoms with E-state index < -0.39 is 5.54 Å². The van der Waals surface area contributed by atoms with Crippen molar-refractivity contribution < 1.29 is 4.79 Å². The Morgan fingerprint density at radius 1 is 1.20 bits per heavy atom. The highest BCUT2D eigenvalue weighted by molar-refractivity contribution is 6.00. The number of nitrogens with one attached hydrogen (secondary N) is 1. The molecule has 1 heterocycles. The van der Waals surface area contributed by atoms with Crippen LogP contribution in [-0.4, -0.2) is 24.5 Å². The van der Waals surface area contributed by atoms with Crippen LogP contribution < -0.4 is 16.0 Å². The molecule has 6 heteroatoms. The van der Waals surface area contributed by atoms with Crippen LogP contribution in [0.2, 0.25) is 0 Å². The van der Waals surface area contributed by atoms with Gasteiger partial charge in [-0.2, -0.15) is 0 Å². The molecule has 20 heavy (non-hydrogen) atoms. The minimum absolute atomic E-state index is 0. The highest BCUT2D eigenvalue weighted by Crippen LogP contribution is 2.33. The topological polar surface area (TPSA) is 58.4 Å². The van der Waals surface area contributed by atoms with Crippen molar-refractivity contribution in [1.29, 1.82) is 0 Å². The molecule has 0 radical (unpaired) electrons. The Labute approximate surface area is 131 Å². The van der Waals surface area contributed by atoms with E-state index in [9.17, 15) is 4.79 Å². The number of hydrogen-bond acceptors (Lipinski definition) is 3. The summed E-state index contributed by atoms with van der Waals surface area (Å²) < 4.78 is 0. The number of carbonyl (C=O) groups excluding carboxylic acids is 1. The molecule has 0 aromatic heterocycles. The number of amides is 1. The molecule has 1 aromatic rings. The first-order valence-corrected chi connectivity index (χ1v) is 6.63. The number of halogens is 2. The summed E-state index contributed by atoms with van der Waals surface area (Å²) in [6, 6.07) is 8.04. The maximum absolute atomic E-state index is 11.9. The SMILES string of the molecule is Cl.Cl.NC1(C(=O)Nc2cccc(N3CCCC3)c2)CC1. The first-order chi connectivity index (χ1) is 8.67. The predicted molar refractivity (Wildman–Crippen MR) is 87.2 cm³/mol. The van der Waals surface area contributed by atoms with Gasteiger partial charge in [-0.3, -0.25) is 4.79 Å². The zero-order chi connectivity index (χ0) is 12.6. The molecule has 1 aliphatic carbocycles. The van der Waals surface area contributed by atoms with Gasteiger partial charge in [-0.1, -0.05) is 6.07 Å². The number of nitrogens with two attached hydrogens (primary N) is 1. The van der Waals surface area contributed by atoms with Gasteiger partial charge in [0.1, 0.15) is 0 Å². The number of rotatable bonds is 3. The van der Waals surface area contributed by atoms with Crippen molar-refractivity contribution in [2.75, 3.05) is 23.3 Å². The van der Waals surface area contributed by atoms with Crippen molar-refractivity contribution >= 4 is 42.1 Å². The van der Waals surface area contributed by atoms with E-state index in [1.165, 1.54) is 18.5 Å². The number of benzene rings is 1. The maximum atomic E-state index is 11.9. The Morgan fingerprint density at radius 3 is 2.45 bits per heavy atom. The van der Waals surface area contributed by atoms with Gasteiger partial charge in [-0.05, 0) is 43.9 Å². The number of nitrogens with zero attached hydrogens (tertiary/aromatic N) is 1. The van der Waals surface area contributed by atoms with E-state index in [1.54, 1.807) is 0 Å². The highest BCUT2D eigenvalue weighted by Gasteiger charge is 2.45. The molecule has 0 bridgehead atoms. The molecular weight excluding hydrogens is 297 g/mol. The lowest BCUT2D eigenvalue weighted by Gasteiger charge is -2.19. The van der Waals surface area contributed by atoms with Crippen LogP contribution in [0.3, 0.4) is 0 Å². The van der Waals surface area contributed by atoms with Crippen molar-refractivity contribution in [2.45, 2.75) is 31.2 Å². The van der Waals surface area contributed by atoms with Gasteiger partial charge in [0, 0.05) is 24.5 Å². The largest absolute Gasteiger partial charge is 0.371 e. The zero-order valence-corrected chi connectivity index (χ0v) is 12.9. The van der Waals surface area contributed by atoms with Gasteiger partial charge < -0.3 is 16.0 Å². The van der Waals surface area contributed by atoms with Crippen LogP contribution >= 0.6 is 24.8 Å². The van der Waals surface area contributed by atoms with Gasteiger partial charge in [-0.15, -0.1) is 24.8 Å². The lowest BCUT2D eigenvalue weighted by molar-refractivity contribution is -0.118. The van der Waals surface area contributed by atoms with Crippen LogP contribution in [0.15, 0.2) is 24.3 Å². The second-order valence-corrected chi connectivity index (χ2v) is 5.35. The molecule has 4 nitrogen and oxygen atoms in total. The molecule has 3 rings (SSSR count). The lowest BCUT2D eigenvalue weighted by Crippen LogP contribution is -2.37. The summed E-state index contributed by atoms with van der Waals surface area (Å²) in [4.78, 5) is 14.2. The Kier molecular flexibility index (Phi) is 5.68. The first-order valence-electron chi connectivity index (χ1n) is 6.63. The summed E-state index contributed by atoms with van der Waals surface area (Å²) in [5, 5.41) is 2.92. The minimum atomic E-state index is -0.607. The fourth-order valence-electron chi connectivity index (χ4n) is 2.37. The van der Waals surface area contributed by atoms with E-state index in [2.05, 4.69) is 16.3 Å². The number of anilines is 2. The Bertz CT molecular complexity index is 471. The molecule has 1 aromatic carbocycles. The summed E-state index contributed by atoms with van der Waals surface area (Å²) in [5.41, 5.74) is 7.30. The molecule has 2 aliphatic rings. The molecule has 0 atom stereocenters. The molecule has 0 unspecified atom stereocenters. The van der Waals surface area contributed by atoms with Gasteiger partial charge >= 0.3 is 0 Å². The second-order valence-electron chi connectivity index (χ2n) is 5.35. The van der Waals surface area contributed by atoms with Crippen LogP contribution in [0.5, 0.6) is 0 Å². The van der Waals surface area contributed by atoms with Gasteiger partial charge in [0.05, 0.1) is 5.54 Å². The average molecular weight is 318 g/mol. The van der Waals surface area contributed by atoms with Crippen molar-refractivity contribution in [2.24, 2.45) is 5.73 Å². The normalized spacial score (nSPS) is 18.8. The van der Waals surface area contributed by atoms with Crippen molar-refractivity contribution in [1.82, 2.24) is 0 Å². The van der Waals surface area contributed by atoms with Gasteiger partial charge in [-0.25, -0.2) is 0 Å². The molecule has 112 valence electrons. The third kappa shape index (κ3) is 3.57. The maximum Gasteiger partial charge on any atom is 0.244 e. The quantitative estimate of drug-likeness (QED) is 0.900. The van der Waals surface area contributed by atoms with Gasteiger partial charge in [0.15, 0.2) is 0 Å². The minimum Gasteiger partial charge on any atom is -0.371 e. The standard InChI is InChI=1S/C14H19N3O.2ClH/c15-14(6-7-14)13(18)16-11-4-3-5-12(10-11)17-8-1-2-9-17;;/h3-5,10H,1-2,6-9,15H2,(H,16,18);2*1H. The van der Waals surface area contributed by atoms with E-state index >= 15 is 0 Å². The Balaban J connectivity index is 0.000001000. The van der Waals surface area contributed by atoms with E-state index in [1.807, 2.05) is 18.2 Å². The summed E-state index contributed by atoms with van der Waals surface area (Å²) in [6.07, 6.45) is 4.10. The van der Waals surface area contributed by atoms with Crippen molar-refractivity contribution in [3.63, 3.8) is 0 Å². The zero-order valence-electron chi connectivity index (χ0n) is 11.3. The van der Waals surface area contributed by atoms with E-state index in [0.717, 1.165) is 31.6 Å². The van der Waals surface area contributed by atoms with Crippen LogP contribution in [-0.2, 0) is 4.79 Å². The van der Waals surface area contributed by atoms with E-state index in [-0.39, 0.29) is 30.7 Å². The second kappa shape index (κ2) is 6.66. The van der Waals surface area contributed by atoms with Crippen molar-refractivity contribution in [3.05, 3.63) is 24.3 Å². The van der Waals surface area contributed by atoms with Crippen molar-refractivity contribution in [3.8, 4) is 0 Å². The monoisotopic (exact) mass is 317 g/mol. The fourth-order valence-corrected chi connectivity index (χ4v) is 2.37. The summed E-state index contributed by atoms with van der Waals surface area (Å²) in [7, 11) is 0. The van der Waals surface area contributed by atoms with E-state index in [0.29, 0.717) is 0 Å². The molecule has 1 saturated carbocycles.